The topological polar surface area (TPSA) is 107 Å². The quantitative estimate of drug-likeness (QED) is 0.518. The minimum atomic E-state index is -3.58. The number of H-pyrrole nitrogens is 1. The van der Waals surface area contributed by atoms with Crippen molar-refractivity contribution in [1.29, 1.82) is 0 Å². The van der Waals surface area contributed by atoms with Gasteiger partial charge in [-0.3, -0.25) is 4.57 Å². The molecule has 0 aliphatic carbocycles. The molecule has 8 nitrogen and oxygen atoms in total. The molecule has 3 N–H and O–H groups in total. The lowest BCUT2D eigenvalue weighted by atomic mass is 10.0. The van der Waals surface area contributed by atoms with Gasteiger partial charge in [0.2, 0.25) is 10.0 Å². The van der Waals surface area contributed by atoms with Crippen LogP contribution in [0, 0.1) is 0 Å². The second-order valence-electron chi connectivity index (χ2n) is 7.79. The number of benzene rings is 2. The highest BCUT2D eigenvalue weighted by atomic mass is 35.5. The zero-order valence-electron chi connectivity index (χ0n) is 17.1. The van der Waals surface area contributed by atoms with Crippen LogP contribution in [-0.2, 0) is 10.0 Å². The molecule has 2 aromatic carbocycles. The van der Waals surface area contributed by atoms with Crippen molar-refractivity contribution in [2.75, 3.05) is 26.7 Å². The van der Waals surface area contributed by atoms with Crippen molar-refractivity contribution in [3.05, 3.63) is 63.5 Å². The van der Waals surface area contributed by atoms with Crippen LogP contribution in [0.15, 0.2) is 52.2 Å². The van der Waals surface area contributed by atoms with Gasteiger partial charge in [-0.25, -0.2) is 17.9 Å². The van der Waals surface area contributed by atoms with Crippen LogP contribution in [0.2, 0.25) is 5.02 Å². The molecule has 2 heterocycles. The molecule has 1 saturated heterocycles. The smallest absolute Gasteiger partial charge is 0.326 e. The van der Waals surface area contributed by atoms with Crippen LogP contribution in [0.4, 0.5) is 0 Å². The first-order chi connectivity index (χ1) is 14.8. The van der Waals surface area contributed by atoms with E-state index in [1.807, 2.05) is 12.1 Å². The first kappa shape index (κ1) is 22.0. The summed E-state index contributed by atoms with van der Waals surface area (Å²) < 4.78 is 28.1. The number of hydrogen-bond acceptors (Lipinski definition) is 5. The number of aromatic amines is 1. The molecule has 166 valence electrons. The number of fused-ring (bicyclic) bond motifs is 1. The third kappa shape index (κ3) is 4.56. The normalized spacial score (nSPS) is 17.3. The number of hydrogen-bond donors (Lipinski definition) is 3. The van der Waals surface area contributed by atoms with Crippen LogP contribution < -0.4 is 10.4 Å². The third-order valence-corrected chi connectivity index (χ3v) is 7.54. The van der Waals surface area contributed by atoms with Crippen LogP contribution in [0.25, 0.3) is 11.0 Å². The maximum Gasteiger partial charge on any atom is 0.326 e. The Morgan fingerprint density at radius 1 is 1.19 bits per heavy atom. The number of aliphatic hydroxyl groups excluding tert-OH is 1. The fraction of sp³-hybridized carbons (Fsp3) is 0.381. The summed E-state index contributed by atoms with van der Waals surface area (Å²) in [5, 5.41) is 11.1. The Hall–Kier alpha value is -2.17. The number of nitrogens with one attached hydrogen (secondary N) is 2. The molecule has 0 saturated carbocycles. The molecular weight excluding hydrogens is 440 g/mol. The molecule has 1 fully saturated rings. The number of β-amino-alcohol motifs (C(OH)–C–C–N with tert-alkyl or cyclic N) is 1. The van der Waals surface area contributed by atoms with E-state index in [9.17, 15) is 18.3 Å². The number of aromatic nitrogens is 2. The van der Waals surface area contributed by atoms with Crippen molar-refractivity contribution >= 4 is 32.7 Å². The number of rotatable bonds is 6. The van der Waals surface area contributed by atoms with E-state index >= 15 is 0 Å². The average Bonchev–Trinajstić information content (AvgIpc) is 3.09. The summed E-state index contributed by atoms with van der Waals surface area (Å²) in [6, 6.07) is 11.9. The van der Waals surface area contributed by atoms with Gasteiger partial charge in [0, 0.05) is 30.7 Å². The van der Waals surface area contributed by atoms with E-state index in [1.165, 1.54) is 19.2 Å². The summed E-state index contributed by atoms with van der Waals surface area (Å²) in [4.78, 5) is 17.7. The first-order valence-electron chi connectivity index (χ1n) is 10.1. The van der Waals surface area contributed by atoms with Gasteiger partial charge < -0.3 is 15.0 Å². The van der Waals surface area contributed by atoms with Crippen molar-refractivity contribution in [3.63, 3.8) is 0 Å². The fourth-order valence-corrected chi connectivity index (χ4v) is 5.03. The van der Waals surface area contributed by atoms with E-state index in [2.05, 4.69) is 14.6 Å². The van der Waals surface area contributed by atoms with Crippen LogP contribution >= 0.6 is 11.6 Å². The monoisotopic (exact) mass is 464 g/mol. The van der Waals surface area contributed by atoms with Crippen molar-refractivity contribution in [2.24, 2.45) is 0 Å². The number of aliphatic hydroxyl groups is 1. The standard InChI is InChI=1S/C21H25ClN4O4S/c1-23-31(29,30)17-6-7-19-18(12-17)24-21(28)26(19)16-8-10-25(11-9-16)13-20(27)14-2-4-15(22)5-3-14/h2-7,12,16,20,23,27H,8-11,13H2,1H3,(H,24,28). The van der Waals surface area contributed by atoms with Gasteiger partial charge in [-0.1, -0.05) is 23.7 Å². The van der Waals surface area contributed by atoms with E-state index in [-0.39, 0.29) is 16.6 Å². The van der Waals surface area contributed by atoms with Crippen molar-refractivity contribution < 1.29 is 13.5 Å². The second-order valence-corrected chi connectivity index (χ2v) is 10.1. The molecule has 1 aromatic heterocycles. The summed E-state index contributed by atoms with van der Waals surface area (Å²) in [5.74, 6) is 0. The molecule has 3 aromatic rings. The number of piperidine rings is 1. The molecule has 31 heavy (non-hydrogen) atoms. The number of imidazole rings is 1. The van der Waals surface area contributed by atoms with E-state index in [1.54, 1.807) is 22.8 Å². The molecule has 1 aliphatic rings. The van der Waals surface area contributed by atoms with Gasteiger partial charge in [-0.05, 0) is 55.8 Å². The van der Waals surface area contributed by atoms with Gasteiger partial charge in [0.15, 0.2) is 0 Å². The second kappa shape index (κ2) is 8.76. The summed E-state index contributed by atoms with van der Waals surface area (Å²) in [6.45, 7) is 2.02. The Morgan fingerprint density at radius 3 is 2.52 bits per heavy atom. The Bertz CT molecular complexity index is 1230. The van der Waals surface area contributed by atoms with Crippen LogP contribution in [0.5, 0.6) is 0 Å². The number of sulfonamides is 1. The van der Waals surface area contributed by atoms with Crippen molar-refractivity contribution in [1.82, 2.24) is 19.2 Å². The number of nitrogens with zero attached hydrogens (tertiary/aromatic N) is 2. The number of likely N-dealkylation sites (tertiary alicyclic amines) is 1. The van der Waals surface area contributed by atoms with Gasteiger partial charge in [-0.2, -0.15) is 0 Å². The average molecular weight is 465 g/mol. The maximum atomic E-state index is 12.6. The van der Waals surface area contributed by atoms with Crippen LogP contribution in [0.1, 0.15) is 30.6 Å². The van der Waals surface area contributed by atoms with E-state index in [0.29, 0.717) is 22.6 Å². The molecule has 0 bridgehead atoms. The summed E-state index contributed by atoms with van der Waals surface area (Å²) in [5.41, 5.74) is 1.78. The van der Waals surface area contributed by atoms with Crippen molar-refractivity contribution in [3.8, 4) is 0 Å². The predicted molar refractivity (Wildman–Crippen MR) is 120 cm³/mol. The van der Waals surface area contributed by atoms with Crippen LogP contribution in [-0.4, -0.2) is 54.7 Å². The van der Waals surface area contributed by atoms with Crippen molar-refractivity contribution in [2.45, 2.75) is 29.9 Å². The molecule has 0 amide bonds. The lowest BCUT2D eigenvalue weighted by molar-refractivity contribution is 0.0907. The molecule has 1 unspecified atom stereocenters. The summed E-state index contributed by atoms with van der Waals surface area (Å²) in [6.07, 6.45) is 0.922. The molecule has 4 rings (SSSR count). The Labute approximate surface area is 185 Å². The summed E-state index contributed by atoms with van der Waals surface area (Å²) in [7, 11) is -2.23. The zero-order valence-corrected chi connectivity index (χ0v) is 18.7. The molecular formula is C21H25ClN4O4S. The van der Waals surface area contributed by atoms with Gasteiger partial charge >= 0.3 is 5.69 Å². The highest BCUT2D eigenvalue weighted by molar-refractivity contribution is 7.89. The Balaban J connectivity index is 1.46. The van der Waals surface area contributed by atoms with Gasteiger partial charge in [0.05, 0.1) is 22.0 Å². The third-order valence-electron chi connectivity index (χ3n) is 5.88. The first-order valence-corrected chi connectivity index (χ1v) is 12.0. The highest BCUT2D eigenvalue weighted by Crippen LogP contribution is 2.27. The largest absolute Gasteiger partial charge is 0.387 e. The van der Waals surface area contributed by atoms with E-state index in [4.69, 9.17) is 11.6 Å². The van der Waals surface area contributed by atoms with E-state index < -0.39 is 16.1 Å². The Morgan fingerprint density at radius 2 is 1.87 bits per heavy atom. The minimum absolute atomic E-state index is 0.0110. The lowest BCUT2D eigenvalue weighted by Gasteiger charge is -2.33. The maximum absolute atomic E-state index is 12.6. The van der Waals surface area contributed by atoms with Gasteiger partial charge in [0.1, 0.15) is 0 Å². The van der Waals surface area contributed by atoms with Crippen LogP contribution in [0.3, 0.4) is 0 Å². The van der Waals surface area contributed by atoms with E-state index in [0.717, 1.165) is 31.5 Å². The zero-order chi connectivity index (χ0) is 22.2. The number of halogens is 1. The van der Waals surface area contributed by atoms with Gasteiger partial charge in [-0.15, -0.1) is 0 Å². The molecule has 0 radical (unpaired) electrons. The lowest BCUT2D eigenvalue weighted by Crippen LogP contribution is -2.39. The minimum Gasteiger partial charge on any atom is -0.387 e. The molecule has 10 heteroatoms. The molecule has 1 aliphatic heterocycles. The molecule has 1 atom stereocenters. The fourth-order valence-electron chi connectivity index (χ4n) is 4.15. The highest BCUT2D eigenvalue weighted by Gasteiger charge is 2.25. The Kier molecular flexibility index (Phi) is 6.23. The SMILES string of the molecule is CNS(=O)(=O)c1ccc2c(c1)[nH]c(=O)n2C1CCN(CC(O)c2ccc(Cl)cc2)CC1. The predicted octanol–water partition coefficient (Wildman–Crippen LogP) is 2.26. The van der Waals surface area contributed by atoms with Gasteiger partial charge in [0.25, 0.3) is 0 Å². The summed E-state index contributed by atoms with van der Waals surface area (Å²) >= 11 is 5.91. The molecule has 0 spiro atoms.